The van der Waals surface area contributed by atoms with Gasteiger partial charge in [-0.2, -0.15) is 0 Å². The molecule has 1 aromatic carbocycles. The van der Waals surface area contributed by atoms with Crippen LogP contribution in [-0.2, 0) is 10.2 Å². The molecule has 0 bridgehead atoms. The number of carbonyl (C=O) groups is 2. The largest absolute Gasteiger partial charge is 0.507 e. The molecule has 0 unspecified atom stereocenters. The van der Waals surface area contributed by atoms with Gasteiger partial charge in [-0.25, -0.2) is 0 Å². The van der Waals surface area contributed by atoms with Crippen molar-refractivity contribution in [2.75, 3.05) is 0 Å². The van der Waals surface area contributed by atoms with E-state index in [2.05, 4.69) is 0 Å². The average molecular weight is 220 g/mol. The molecule has 0 aliphatic heterocycles. The predicted octanol–water partition coefficient (Wildman–Crippen LogP) is 1.71. The lowest BCUT2D eigenvalue weighted by Crippen LogP contribution is -2.19. The summed E-state index contributed by atoms with van der Waals surface area (Å²) in [6.07, 6.45) is 1.18. The van der Waals surface area contributed by atoms with Crippen molar-refractivity contribution in [3.05, 3.63) is 29.3 Å². The van der Waals surface area contributed by atoms with Crippen LogP contribution in [0.2, 0.25) is 0 Å². The number of rotatable bonds is 3. The molecule has 2 N–H and O–H groups in total. The number of hydrogen-bond acceptors (Lipinski definition) is 3. The van der Waals surface area contributed by atoms with Crippen molar-refractivity contribution in [2.45, 2.75) is 25.2 Å². The third kappa shape index (κ3) is 1.46. The number of benzene rings is 1. The molecule has 84 valence electrons. The van der Waals surface area contributed by atoms with Crippen molar-refractivity contribution < 1.29 is 19.8 Å². The van der Waals surface area contributed by atoms with Crippen molar-refractivity contribution in [3.8, 4) is 5.75 Å². The molecule has 2 rings (SSSR count). The molecule has 1 aromatic rings. The Labute approximate surface area is 92.5 Å². The smallest absolute Gasteiger partial charge is 0.314 e. The van der Waals surface area contributed by atoms with E-state index in [1.54, 1.807) is 6.07 Å². The highest BCUT2D eigenvalue weighted by atomic mass is 16.4. The molecule has 0 heterocycles. The van der Waals surface area contributed by atoms with E-state index in [4.69, 9.17) is 5.11 Å². The van der Waals surface area contributed by atoms with Crippen LogP contribution < -0.4 is 0 Å². The first-order chi connectivity index (χ1) is 7.47. The number of ketones is 1. The van der Waals surface area contributed by atoms with Crippen LogP contribution in [0.15, 0.2) is 18.2 Å². The molecule has 0 amide bonds. The molecule has 4 nitrogen and oxygen atoms in total. The van der Waals surface area contributed by atoms with Crippen LogP contribution in [-0.4, -0.2) is 22.0 Å². The fourth-order valence-corrected chi connectivity index (χ4v) is 1.87. The quantitative estimate of drug-likeness (QED) is 0.760. The lowest BCUT2D eigenvalue weighted by Gasteiger charge is -2.11. The fourth-order valence-electron chi connectivity index (χ4n) is 1.87. The molecule has 0 atom stereocenters. The maximum atomic E-state index is 11.2. The van der Waals surface area contributed by atoms with Gasteiger partial charge in [0.25, 0.3) is 0 Å². The second kappa shape index (κ2) is 3.33. The van der Waals surface area contributed by atoms with Gasteiger partial charge in [-0.15, -0.1) is 0 Å². The summed E-state index contributed by atoms with van der Waals surface area (Å²) in [5, 5.41) is 18.6. The lowest BCUT2D eigenvalue weighted by molar-refractivity contribution is -0.140. The summed E-state index contributed by atoms with van der Waals surface area (Å²) < 4.78 is 0. The zero-order valence-corrected chi connectivity index (χ0v) is 8.86. The Morgan fingerprint density at radius 2 is 1.94 bits per heavy atom. The number of phenols is 1. The summed E-state index contributed by atoms with van der Waals surface area (Å²) in [4.78, 5) is 22.3. The highest BCUT2D eigenvalue weighted by molar-refractivity contribution is 5.97. The Bertz CT molecular complexity index is 472. The third-order valence-electron chi connectivity index (χ3n) is 3.09. The third-order valence-corrected chi connectivity index (χ3v) is 3.09. The van der Waals surface area contributed by atoms with Crippen LogP contribution in [0.1, 0.15) is 35.7 Å². The van der Waals surface area contributed by atoms with Crippen LogP contribution in [0.4, 0.5) is 0 Å². The number of carboxylic acids is 1. The van der Waals surface area contributed by atoms with E-state index >= 15 is 0 Å². The first kappa shape index (κ1) is 10.7. The van der Waals surface area contributed by atoms with Gasteiger partial charge in [0.15, 0.2) is 5.78 Å². The van der Waals surface area contributed by atoms with E-state index in [0.29, 0.717) is 18.4 Å². The van der Waals surface area contributed by atoms with Crippen molar-refractivity contribution in [3.63, 3.8) is 0 Å². The molecule has 16 heavy (non-hydrogen) atoms. The van der Waals surface area contributed by atoms with Gasteiger partial charge in [0.2, 0.25) is 0 Å². The number of hydrogen-bond donors (Lipinski definition) is 2. The van der Waals surface area contributed by atoms with Crippen LogP contribution >= 0.6 is 0 Å². The zero-order chi connectivity index (χ0) is 11.9. The zero-order valence-electron chi connectivity index (χ0n) is 8.86. The Hall–Kier alpha value is -1.84. The minimum atomic E-state index is -0.868. The first-order valence-corrected chi connectivity index (χ1v) is 5.05. The fraction of sp³-hybridized carbons (Fsp3) is 0.333. The molecule has 0 saturated heterocycles. The molecule has 4 heteroatoms. The van der Waals surface area contributed by atoms with Crippen LogP contribution in [0, 0.1) is 0 Å². The van der Waals surface area contributed by atoms with E-state index in [9.17, 15) is 14.7 Å². The maximum absolute atomic E-state index is 11.2. The van der Waals surface area contributed by atoms with E-state index in [1.807, 2.05) is 0 Å². The Morgan fingerprint density at radius 3 is 2.38 bits per heavy atom. The molecule has 0 radical (unpaired) electrons. The molecule has 1 fully saturated rings. The number of carbonyl (C=O) groups excluding carboxylic acids is 1. The normalized spacial score (nSPS) is 16.8. The standard InChI is InChI=1S/C12H12O4/c1-7(13)9-6-8(2-3-10(9)14)12(4-5-12)11(15)16/h2-3,6,14H,4-5H2,1H3,(H,15,16). The SMILES string of the molecule is CC(=O)c1cc(C2(C(=O)O)CC2)ccc1O. The second-order valence-electron chi connectivity index (χ2n) is 4.18. The number of aromatic hydroxyl groups is 1. The number of aliphatic carboxylic acids is 1. The van der Waals surface area contributed by atoms with Gasteiger partial charge < -0.3 is 10.2 Å². The molecular formula is C12H12O4. The van der Waals surface area contributed by atoms with Gasteiger partial charge in [-0.05, 0) is 37.5 Å². The van der Waals surface area contributed by atoms with Crippen LogP contribution in [0.5, 0.6) is 5.75 Å². The van der Waals surface area contributed by atoms with Gasteiger partial charge in [-0.3, -0.25) is 9.59 Å². The molecule has 1 aliphatic rings. The monoisotopic (exact) mass is 220 g/mol. The number of phenolic OH excluding ortho intramolecular Hbond substituents is 1. The van der Waals surface area contributed by atoms with Crippen molar-refractivity contribution in [2.24, 2.45) is 0 Å². The lowest BCUT2D eigenvalue weighted by atomic mass is 9.93. The summed E-state index contributed by atoms with van der Waals surface area (Å²) in [5.41, 5.74) is -0.0502. The minimum absolute atomic E-state index is 0.0996. The summed E-state index contributed by atoms with van der Waals surface area (Å²) in [7, 11) is 0. The Kier molecular flexibility index (Phi) is 2.22. The molecule has 0 aromatic heterocycles. The summed E-state index contributed by atoms with van der Waals surface area (Å²) in [5.74, 6) is -1.23. The van der Waals surface area contributed by atoms with Gasteiger partial charge in [0.1, 0.15) is 5.75 Å². The van der Waals surface area contributed by atoms with Crippen LogP contribution in [0.25, 0.3) is 0 Å². The molecular weight excluding hydrogens is 208 g/mol. The summed E-state index contributed by atoms with van der Waals surface area (Å²) >= 11 is 0. The summed E-state index contributed by atoms with van der Waals surface area (Å²) in [6, 6.07) is 4.44. The van der Waals surface area contributed by atoms with Crippen molar-refractivity contribution >= 4 is 11.8 Å². The van der Waals surface area contributed by atoms with E-state index in [0.717, 1.165) is 0 Å². The van der Waals surface area contributed by atoms with Crippen LogP contribution in [0.3, 0.4) is 0 Å². The van der Waals surface area contributed by atoms with Gasteiger partial charge in [0, 0.05) is 0 Å². The molecule has 1 aliphatic carbocycles. The van der Waals surface area contributed by atoms with Crippen molar-refractivity contribution in [1.82, 2.24) is 0 Å². The average Bonchev–Trinajstić information content (AvgIpc) is 2.98. The van der Waals surface area contributed by atoms with E-state index in [-0.39, 0.29) is 17.1 Å². The van der Waals surface area contributed by atoms with Gasteiger partial charge >= 0.3 is 5.97 Å². The second-order valence-corrected chi connectivity index (χ2v) is 4.18. The molecule has 0 spiro atoms. The maximum Gasteiger partial charge on any atom is 0.314 e. The Balaban J connectivity index is 2.48. The Morgan fingerprint density at radius 1 is 1.31 bits per heavy atom. The first-order valence-electron chi connectivity index (χ1n) is 5.05. The highest BCUT2D eigenvalue weighted by Crippen LogP contribution is 2.49. The van der Waals surface area contributed by atoms with E-state index in [1.165, 1.54) is 19.1 Å². The summed E-state index contributed by atoms with van der Waals surface area (Å²) in [6.45, 7) is 1.35. The van der Waals surface area contributed by atoms with Gasteiger partial charge in [0.05, 0.1) is 11.0 Å². The minimum Gasteiger partial charge on any atom is -0.507 e. The predicted molar refractivity (Wildman–Crippen MR) is 56.7 cm³/mol. The van der Waals surface area contributed by atoms with Crippen molar-refractivity contribution in [1.29, 1.82) is 0 Å². The topological polar surface area (TPSA) is 74.6 Å². The highest BCUT2D eigenvalue weighted by Gasteiger charge is 2.51. The van der Waals surface area contributed by atoms with E-state index < -0.39 is 11.4 Å². The van der Waals surface area contributed by atoms with Gasteiger partial charge in [-0.1, -0.05) is 6.07 Å². The number of Topliss-reactive ketones (excluding diaryl/α,β-unsaturated/α-hetero) is 1. The molecule has 1 saturated carbocycles. The number of carboxylic acid groups (broad SMARTS) is 1.